The van der Waals surface area contributed by atoms with Crippen LogP contribution in [0.1, 0.15) is 26.3 Å². The van der Waals surface area contributed by atoms with Crippen molar-refractivity contribution in [3.8, 4) is 0 Å². The third kappa shape index (κ3) is 2.90. The van der Waals surface area contributed by atoms with Gasteiger partial charge in [0.25, 0.3) is 0 Å². The molecule has 0 saturated carbocycles. The fourth-order valence-electron chi connectivity index (χ4n) is 3.64. The zero-order chi connectivity index (χ0) is 17.0. The SMILES string of the molecule is CC(C)(C)C(=O)N1CC2(Cc3ccccc3N([S+](C)(=O)[O-])C2)C1. The average Bonchev–Trinajstić information content (AvgIpc) is 2.40. The van der Waals surface area contributed by atoms with Gasteiger partial charge in [0.05, 0.1) is 12.2 Å². The maximum atomic E-state index is 12.4. The van der Waals surface area contributed by atoms with Crippen LogP contribution in [0.2, 0.25) is 0 Å². The highest BCUT2D eigenvalue weighted by Gasteiger charge is 2.52. The zero-order valence-electron chi connectivity index (χ0n) is 14.2. The Morgan fingerprint density at radius 2 is 1.83 bits per heavy atom. The van der Waals surface area contributed by atoms with Crippen molar-refractivity contribution >= 4 is 22.0 Å². The molecule has 1 aromatic rings. The summed E-state index contributed by atoms with van der Waals surface area (Å²) >= 11 is 0. The molecule has 2 heterocycles. The number of carbonyl (C=O) groups excluding carboxylic acids is 1. The molecule has 3 rings (SSSR count). The van der Waals surface area contributed by atoms with Crippen LogP contribution in [0.5, 0.6) is 0 Å². The minimum absolute atomic E-state index is 0.132. The van der Waals surface area contributed by atoms with Gasteiger partial charge < -0.3 is 9.45 Å². The first kappa shape index (κ1) is 16.5. The number of likely N-dealkylation sites (tertiary alicyclic amines) is 1. The third-order valence-corrected chi connectivity index (χ3v) is 5.81. The van der Waals surface area contributed by atoms with E-state index >= 15 is 0 Å². The van der Waals surface area contributed by atoms with E-state index in [1.807, 2.05) is 49.9 Å². The Bertz CT molecular complexity index is 683. The topological polar surface area (TPSA) is 63.7 Å². The second-order valence-corrected chi connectivity index (χ2v) is 9.89. The van der Waals surface area contributed by atoms with Crippen LogP contribution < -0.4 is 4.31 Å². The van der Waals surface area contributed by atoms with E-state index in [0.29, 0.717) is 19.6 Å². The molecule has 126 valence electrons. The van der Waals surface area contributed by atoms with Gasteiger partial charge >= 0.3 is 0 Å². The number of carbonyl (C=O) groups is 1. The van der Waals surface area contributed by atoms with Crippen molar-refractivity contribution in [2.75, 3.05) is 30.2 Å². The molecular weight excluding hydrogens is 312 g/mol. The number of benzene rings is 1. The number of nitrogens with zero attached hydrogens (tertiary/aromatic N) is 2. The van der Waals surface area contributed by atoms with E-state index in [1.165, 1.54) is 10.6 Å². The maximum Gasteiger partial charge on any atom is 0.227 e. The predicted molar refractivity (Wildman–Crippen MR) is 90.7 cm³/mol. The molecule has 2 aliphatic heterocycles. The number of amides is 1. The van der Waals surface area contributed by atoms with E-state index in [1.54, 1.807) is 0 Å². The summed E-state index contributed by atoms with van der Waals surface area (Å²) in [5.74, 6) is 0.132. The van der Waals surface area contributed by atoms with Crippen molar-refractivity contribution in [2.24, 2.45) is 10.8 Å². The standard InChI is InChI=1S/C17H24N2O3S/c1-16(2,3)15(20)18-10-17(11-18)9-13-7-5-6-8-14(13)19(12-17)23(4,21)22/h5-8H,9-12H2,1-4H3. The van der Waals surface area contributed by atoms with Crippen LogP contribution >= 0.6 is 0 Å². The number of hydrogen-bond acceptors (Lipinski definition) is 3. The highest BCUT2D eigenvalue weighted by Crippen LogP contribution is 2.44. The summed E-state index contributed by atoms with van der Waals surface area (Å²) in [5.41, 5.74) is 1.27. The highest BCUT2D eigenvalue weighted by atomic mass is 32.3. The summed E-state index contributed by atoms with van der Waals surface area (Å²) in [7, 11) is -3.32. The quantitative estimate of drug-likeness (QED) is 0.738. The van der Waals surface area contributed by atoms with Crippen LogP contribution in [0.3, 0.4) is 0 Å². The molecular formula is C17H24N2O3S. The van der Waals surface area contributed by atoms with Crippen LogP contribution in [0, 0.1) is 10.8 Å². The Balaban J connectivity index is 1.86. The smallest absolute Gasteiger partial charge is 0.227 e. The summed E-state index contributed by atoms with van der Waals surface area (Å²) < 4.78 is 25.9. The molecule has 0 aromatic heterocycles. The first-order valence-corrected chi connectivity index (χ1v) is 9.72. The predicted octanol–water partition coefficient (Wildman–Crippen LogP) is 2.10. The van der Waals surface area contributed by atoms with Crippen LogP contribution in [-0.2, 0) is 25.8 Å². The fourth-order valence-corrected chi connectivity index (χ4v) is 4.69. The van der Waals surface area contributed by atoms with E-state index < -0.39 is 15.8 Å². The molecule has 1 aromatic carbocycles. The Hall–Kier alpha value is -1.40. The van der Waals surface area contributed by atoms with E-state index in [-0.39, 0.29) is 11.3 Å². The van der Waals surface area contributed by atoms with Gasteiger partial charge in [-0.2, -0.15) is 4.31 Å². The molecule has 0 aliphatic carbocycles. The van der Waals surface area contributed by atoms with Gasteiger partial charge in [-0.1, -0.05) is 43.2 Å². The molecule has 5 nitrogen and oxygen atoms in total. The Kier molecular flexibility index (Phi) is 3.61. The largest absolute Gasteiger partial charge is 0.593 e. The van der Waals surface area contributed by atoms with Gasteiger partial charge in [0.1, 0.15) is 16.7 Å². The van der Waals surface area contributed by atoms with E-state index in [9.17, 15) is 13.6 Å². The molecule has 2 aliphatic rings. The molecule has 0 N–H and O–H groups in total. The van der Waals surface area contributed by atoms with E-state index in [0.717, 1.165) is 17.7 Å². The van der Waals surface area contributed by atoms with Gasteiger partial charge in [0.2, 0.25) is 5.91 Å². The van der Waals surface area contributed by atoms with Gasteiger partial charge in [0, 0.05) is 23.9 Å². The number of rotatable bonds is 1. The van der Waals surface area contributed by atoms with Crippen LogP contribution in [0.15, 0.2) is 24.3 Å². The molecule has 1 saturated heterocycles. The molecule has 1 unspecified atom stereocenters. The van der Waals surface area contributed by atoms with E-state index in [2.05, 4.69) is 0 Å². The molecule has 1 fully saturated rings. The molecule has 6 heteroatoms. The highest BCUT2D eigenvalue weighted by molar-refractivity contribution is 7.98. The van der Waals surface area contributed by atoms with Gasteiger partial charge in [-0.15, -0.1) is 0 Å². The molecule has 23 heavy (non-hydrogen) atoms. The number of fused-ring (bicyclic) bond motifs is 1. The lowest BCUT2D eigenvalue weighted by atomic mass is 9.71. The van der Waals surface area contributed by atoms with Crippen molar-refractivity contribution in [3.63, 3.8) is 0 Å². The summed E-state index contributed by atoms with van der Waals surface area (Å²) in [5, 5.41) is 0. The van der Waals surface area contributed by atoms with Gasteiger partial charge in [-0.05, 0) is 18.1 Å². The number of hydrogen-bond donors (Lipinski definition) is 0. The van der Waals surface area contributed by atoms with Crippen molar-refractivity contribution in [1.29, 1.82) is 0 Å². The lowest BCUT2D eigenvalue weighted by Crippen LogP contribution is -2.67. The summed E-state index contributed by atoms with van der Waals surface area (Å²) in [4.78, 5) is 14.2. The molecule has 0 bridgehead atoms. The summed E-state index contributed by atoms with van der Waals surface area (Å²) in [6.07, 6.45) is 2.07. The molecule has 1 spiro atoms. The normalized spacial score (nSPS) is 22.3. The molecule has 1 amide bonds. The minimum atomic E-state index is -3.32. The van der Waals surface area contributed by atoms with Crippen LogP contribution in [0.4, 0.5) is 5.69 Å². The van der Waals surface area contributed by atoms with Crippen molar-refractivity contribution in [1.82, 2.24) is 4.90 Å². The van der Waals surface area contributed by atoms with Crippen molar-refractivity contribution < 1.29 is 13.6 Å². The van der Waals surface area contributed by atoms with Gasteiger partial charge in [-0.3, -0.25) is 4.79 Å². The monoisotopic (exact) mass is 336 g/mol. The second-order valence-electron chi connectivity index (χ2n) is 7.99. The average molecular weight is 336 g/mol. The fraction of sp³-hybridized carbons (Fsp3) is 0.588. The van der Waals surface area contributed by atoms with Crippen LogP contribution in [-0.4, -0.2) is 41.2 Å². The molecule has 0 radical (unpaired) electrons. The summed E-state index contributed by atoms with van der Waals surface area (Å²) in [6.45, 7) is 7.46. The summed E-state index contributed by atoms with van der Waals surface area (Å²) in [6, 6.07) is 7.66. The van der Waals surface area contributed by atoms with Crippen LogP contribution in [0.25, 0.3) is 0 Å². The molecule has 1 atom stereocenters. The van der Waals surface area contributed by atoms with Crippen molar-refractivity contribution in [2.45, 2.75) is 27.2 Å². The van der Waals surface area contributed by atoms with Crippen molar-refractivity contribution in [3.05, 3.63) is 29.8 Å². The Labute approximate surface area is 139 Å². The number of sulfonamides is 1. The number of anilines is 1. The first-order valence-electron chi connectivity index (χ1n) is 7.87. The third-order valence-electron chi connectivity index (χ3n) is 4.69. The number of para-hydroxylation sites is 1. The van der Waals surface area contributed by atoms with E-state index in [4.69, 9.17) is 0 Å². The van der Waals surface area contributed by atoms with Gasteiger partial charge in [0.15, 0.2) is 0 Å². The zero-order valence-corrected chi connectivity index (χ0v) is 15.0. The lowest BCUT2D eigenvalue weighted by molar-refractivity contribution is -0.151. The Morgan fingerprint density at radius 1 is 1.22 bits per heavy atom. The minimum Gasteiger partial charge on any atom is -0.593 e. The maximum absolute atomic E-state index is 12.4. The second kappa shape index (κ2) is 5.05. The lowest BCUT2D eigenvalue weighted by Gasteiger charge is -2.55. The Morgan fingerprint density at radius 3 is 2.39 bits per heavy atom. The first-order chi connectivity index (χ1) is 10.5. The van der Waals surface area contributed by atoms with Gasteiger partial charge in [-0.25, -0.2) is 0 Å².